The van der Waals surface area contributed by atoms with Gasteiger partial charge in [-0.2, -0.15) is 0 Å². The van der Waals surface area contributed by atoms with Crippen LogP contribution in [-0.2, 0) is 5.54 Å². The quantitative estimate of drug-likeness (QED) is 0.464. The maximum atomic E-state index is 13.5. The van der Waals surface area contributed by atoms with Gasteiger partial charge in [0.15, 0.2) is 23.3 Å². The largest absolute Gasteiger partial charge is 0.321 e. The normalized spacial score (nSPS) is 18.4. The Balaban J connectivity index is 2.70. The Morgan fingerprint density at radius 3 is 1.69 bits per heavy atom. The van der Waals surface area contributed by atoms with E-state index in [9.17, 15) is 17.6 Å². The topological polar surface area (TPSA) is 26.0 Å². The molecule has 2 N–H and O–H groups in total. The number of hydrogen-bond acceptors (Lipinski definition) is 1. The molecule has 1 aromatic carbocycles. The molecule has 6 heteroatoms. The van der Waals surface area contributed by atoms with Gasteiger partial charge in [-0.15, -0.1) is 0 Å². The van der Waals surface area contributed by atoms with Crippen LogP contribution in [0.15, 0.2) is 0 Å². The molecule has 0 aliphatic heterocycles. The first-order chi connectivity index (χ1) is 7.38. The van der Waals surface area contributed by atoms with Crippen molar-refractivity contribution in [2.24, 2.45) is 5.73 Å². The van der Waals surface area contributed by atoms with Crippen LogP contribution in [0.1, 0.15) is 24.8 Å². The van der Waals surface area contributed by atoms with Gasteiger partial charge < -0.3 is 5.73 Å². The first kappa shape index (κ1) is 11.7. The third-order valence-corrected chi connectivity index (χ3v) is 3.29. The van der Waals surface area contributed by atoms with Crippen molar-refractivity contribution in [3.63, 3.8) is 0 Å². The molecule has 1 aromatic rings. The highest BCUT2D eigenvalue weighted by molar-refractivity contribution is 6.30. The molecular weight excluding hydrogens is 246 g/mol. The van der Waals surface area contributed by atoms with E-state index in [1.54, 1.807) is 0 Å². The molecular formula is C10H8ClF4N. The Morgan fingerprint density at radius 1 is 0.938 bits per heavy atom. The van der Waals surface area contributed by atoms with Crippen molar-refractivity contribution in [2.45, 2.75) is 24.8 Å². The van der Waals surface area contributed by atoms with Gasteiger partial charge in [0.2, 0.25) is 0 Å². The van der Waals surface area contributed by atoms with E-state index in [-0.39, 0.29) is 0 Å². The molecule has 1 saturated carbocycles. The molecule has 1 aliphatic carbocycles. The molecule has 16 heavy (non-hydrogen) atoms. The van der Waals surface area contributed by atoms with Crippen LogP contribution in [-0.4, -0.2) is 0 Å². The summed E-state index contributed by atoms with van der Waals surface area (Å²) in [5.41, 5.74) is 3.60. The standard InChI is InChI=1S/C10H8ClF4N/c11-5-8(14)6(12)4(7(13)9(5)15)10(16)2-1-3-10/h1-3,16H2. The van der Waals surface area contributed by atoms with E-state index < -0.39 is 39.4 Å². The van der Waals surface area contributed by atoms with Gasteiger partial charge in [0.1, 0.15) is 5.02 Å². The van der Waals surface area contributed by atoms with Crippen molar-refractivity contribution >= 4 is 11.6 Å². The van der Waals surface area contributed by atoms with Gasteiger partial charge in [0.25, 0.3) is 0 Å². The summed E-state index contributed by atoms with van der Waals surface area (Å²) in [6, 6.07) is 0. The van der Waals surface area contributed by atoms with Crippen molar-refractivity contribution in [1.29, 1.82) is 0 Å². The number of nitrogens with two attached hydrogens (primary N) is 1. The minimum Gasteiger partial charge on any atom is -0.321 e. The van der Waals surface area contributed by atoms with Gasteiger partial charge in [-0.1, -0.05) is 11.6 Å². The number of benzene rings is 1. The zero-order chi connectivity index (χ0) is 12.1. The second kappa shape index (κ2) is 3.60. The van der Waals surface area contributed by atoms with Crippen LogP contribution >= 0.6 is 11.6 Å². The maximum absolute atomic E-state index is 13.5. The summed E-state index contributed by atoms with van der Waals surface area (Å²) in [5, 5.41) is -1.18. The van der Waals surface area contributed by atoms with E-state index in [4.69, 9.17) is 17.3 Å². The van der Waals surface area contributed by atoms with Crippen LogP contribution in [0.2, 0.25) is 5.02 Å². The van der Waals surface area contributed by atoms with Crippen LogP contribution in [0.4, 0.5) is 17.6 Å². The zero-order valence-corrected chi connectivity index (χ0v) is 8.84. The second-order valence-corrected chi connectivity index (χ2v) is 4.33. The number of hydrogen-bond donors (Lipinski definition) is 1. The second-order valence-electron chi connectivity index (χ2n) is 3.95. The smallest absolute Gasteiger partial charge is 0.180 e. The van der Waals surface area contributed by atoms with Crippen LogP contribution in [0, 0.1) is 23.3 Å². The molecule has 0 heterocycles. The molecule has 0 bridgehead atoms. The van der Waals surface area contributed by atoms with Crippen molar-refractivity contribution < 1.29 is 17.6 Å². The van der Waals surface area contributed by atoms with E-state index >= 15 is 0 Å². The van der Waals surface area contributed by atoms with Gasteiger partial charge in [0.05, 0.1) is 0 Å². The zero-order valence-electron chi connectivity index (χ0n) is 8.09. The third kappa shape index (κ3) is 1.42. The minimum absolute atomic E-state index is 0.293. The first-order valence-electron chi connectivity index (χ1n) is 4.69. The Kier molecular flexibility index (Phi) is 2.62. The van der Waals surface area contributed by atoms with Gasteiger partial charge >= 0.3 is 0 Å². The van der Waals surface area contributed by atoms with E-state index in [1.807, 2.05) is 0 Å². The fourth-order valence-corrected chi connectivity index (χ4v) is 2.02. The molecule has 0 aromatic heterocycles. The van der Waals surface area contributed by atoms with Crippen molar-refractivity contribution in [2.75, 3.05) is 0 Å². The summed E-state index contributed by atoms with van der Waals surface area (Å²) in [6.45, 7) is 0. The molecule has 0 saturated heterocycles. The highest BCUT2D eigenvalue weighted by Crippen LogP contribution is 2.43. The summed E-state index contributed by atoms with van der Waals surface area (Å²) >= 11 is 5.10. The molecule has 1 aliphatic rings. The van der Waals surface area contributed by atoms with Gasteiger partial charge in [-0.25, -0.2) is 17.6 Å². The predicted octanol–water partition coefficient (Wildman–Crippen LogP) is 3.23. The Bertz CT molecular complexity index is 428. The molecule has 0 unspecified atom stereocenters. The lowest BCUT2D eigenvalue weighted by Crippen LogP contribution is -2.45. The van der Waals surface area contributed by atoms with E-state index in [0.29, 0.717) is 19.3 Å². The molecule has 0 spiro atoms. The van der Waals surface area contributed by atoms with Gasteiger partial charge in [-0.3, -0.25) is 0 Å². The lowest BCUT2D eigenvalue weighted by Gasteiger charge is -2.38. The monoisotopic (exact) mass is 253 g/mol. The molecule has 0 atom stereocenters. The fourth-order valence-electron chi connectivity index (χ4n) is 1.85. The summed E-state index contributed by atoms with van der Waals surface area (Å²) in [6.07, 6.45) is 1.25. The summed E-state index contributed by atoms with van der Waals surface area (Å²) < 4.78 is 53.3. The van der Waals surface area contributed by atoms with Crippen molar-refractivity contribution in [3.8, 4) is 0 Å². The van der Waals surface area contributed by atoms with E-state index in [0.717, 1.165) is 0 Å². The molecule has 88 valence electrons. The Morgan fingerprint density at radius 2 is 1.38 bits per heavy atom. The van der Waals surface area contributed by atoms with Gasteiger partial charge in [-0.05, 0) is 19.3 Å². The number of halogens is 5. The average molecular weight is 254 g/mol. The minimum atomic E-state index is -1.59. The van der Waals surface area contributed by atoms with Crippen LogP contribution in [0.5, 0.6) is 0 Å². The van der Waals surface area contributed by atoms with E-state index in [1.165, 1.54) is 0 Å². The highest BCUT2D eigenvalue weighted by atomic mass is 35.5. The molecule has 2 rings (SSSR count). The lowest BCUT2D eigenvalue weighted by atomic mass is 9.72. The maximum Gasteiger partial charge on any atom is 0.180 e. The lowest BCUT2D eigenvalue weighted by molar-refractivity contribution is 0.229. The van der Waals surface area contributed by atoms with Crippen LogP contribution in [0.25, 0.3) is 0 Å². The fraction of sp³-hybridized carbons (Fsp3) is 0.400. The third-order valence-electron chi connectivity index (χ3n) is 2.95. The van der Waals surface area contributed by atoms with Crippen molar-refractivity contribution in [1.82, 2.24) is 0 Å². The summed E-state index contributed by atoms with van der Waals surface area (Å²) in [4.78, 5) is 0. The highest BCUT2D eigenvalue weighted by Gasteiger charge is 2.42. The molecule has 0 radical (unpaired) electrons. The van der Waals surface area contributed by atoms with Crippen molar-refractivity contribution in [3.05, 3.63) is 33.9 Å². The van der Waals surface area contributed by atoms with E-state index in [2.05, 4.69) is 0 Å². The predicted molar refractivity (Wildman–Crippen MR) is 51.0 cm³/mol. The average Bonchev–Trinajstić information content (AvgIpc) is 2.21. The molecule has 1 nitrogen and oxygen atoms in total. The molecule has 1 fully saturated rings. The number of rotatable bonds is 1. The molecule has 0 amide bonds. The van der Waals surface area contributed by atoms with Crippen LogP contribution < -0.4 is 5.73 Å². The Hall–Kier alpha value is -0.810. The SMILES string of the molecule is NC1(c2c(F)c(F)c(Cl)c(F)c2F)CCC1. The Labute approximate surface area is 94.2 Å². The van der Waals surface area contributed by atoms with Gasteiger partial charge in [0, 0.05) is 11.1 Å². The summed E-state index contributed by atoms with van der Waals surface area (Å²) in [5.74, 6) is -6.17. The van der Waals surface area contributed by atoms with Crippen LogP contribution in [0.3, 0.4) is 0 Å². The first-order valence-corrected chi connectivity index (χ1v) is 5.07. The summed E-state index contributed by atoms with van der Waals surface area (Å²) in [7, 11) is 0.